The van der Waals surface area contributed by atoms with E-state index in [1.807, 2.05) is 0 Å². The second-order valence-corrected chi connectivity index (χ2v) is 11.6. The van der Waals surface area contributed by atoms with Crippen molar-refractivity contribution in [1.82, 2.24) is 5.32 Å². The fourth-order valence-electron chi connectivity index (χ4n) is 6.93. The lowest BCUT2D eigenvalue weighted by molar-refractivity contribution is -0.409. The highest BCUT2D eigenvalue weighted by molar-refractivity contribution is 5.79. The Morgan fingerprint density at radius 2 is 1.59 bits per heavy atom. The number of ether oxygens (including phenoxy) is 7. The predicted molar refractivity (Wildman–Crippen MR) is 149 cm³/mol. The van der Waals surface area contributed by atoms with E-state index in [2.05, 4.69) is 5.32 Å². The van der Waals surface area contributed by atoms with E-state index in [0.29, 0.717) is 45.4 Å². The molecule has 6 rings (SSSR count). The summed E-state index contributed by atoms with van der Waals surface area (Å²) in [5.74, 6) is -9.16. The van der Waals surface area contributed by atoms with Gasteiger partial charge < -0.3 is 64.0 Å². The minimum atomic E-state index is -4.30. The first-order valence-electron chi connectivity index (χ1n) is 14.5. The van der Waals surface area contributed by atoms with Crippen LogP contribution in [0.15, 0.2) is 24.3 Å². The number of aliphatic hydroxyl groups excluding tert-OH is 4. The van der Waals surface area contributed by atoms with Crippen LogP contribution in [-0.4, -0.2) is 116 Å². The number of carbonyl (C=O) groups is 1. The Kier molecular flexibility index (Phi) is 8.42. The Bertz CT molecular complexity index is 1470. The van der Waals surface area contributed by atoms with Crippen molar-refractivity contribution in [3.63, 3.8) is 0 Å². The van der Waals surface area contributed by atoms with E-state index in [1.165, 1.54) is 21.3 Å². The van der Waals surface area contributed by atoms with E-state index in [1.54, 1.807) is 24.3 Å². The maximum absolute atomic E-state index is 15.9. The third-order valence-corrected chi connectivity index (χ3v) is 9.27. The molecule has 0 saturated carbocycles. The number of benzene rings is 2. The molecule has 2 fully saturated rings. The Hall–Kier alpha value is -3.51. The van der Waals surface area contributed by atoms with E-state index in [0.717, 1.165) is 0 Å². The summed E-state index contributed by atoms with van der Waals surface area (Å²) in [5, 5.41) is 53.7. The summed E-state index contributed by atoms with van der Waals surface area (Å²) in [6.07, 6.45) is -8.63. The zero-order valence-electron chi connectivity index (χ0n) is 25.0. The van der Waals surface area contributed by atoms with Crippen LogP contribution in [0.2, 0.25) is 0 Å². The molecule has 46 heavy (non-hydrogen) atoms. The zero-order chi connectivity index (χ0) is 33.1. The molecule has 2 aromatic rings. The van der Waals surface area contributed by atoms with E-state index in [-0.39, 0.29) is 13.4 Å². The number of esters is 1. The van der Waals surface area contributed by atoms with E-state index in [9.17, 15) is 30.3 Å². The van der Waals surface area contributed by atoms with Crippen molar-refractivity contribution in [3.05, 3.63) is 41.0 Å². The average molecular weight is 656 g/mol. The quantitative estimate of drug-likeness (QED) is 0.195. The van der Waals surface area contributed by atoms with Gasteiger partial charge in [-0.05, 0) is 41.0 Å². The standard InChI is InChI=1S/C30H35F2NO13/c1-40-18-4-12(5-19(41-2)26(18)42-3)21-13-6-16-17(45-11-44-16)7-14(13)23(15-9-43-28(38)22(15)21)33-10-29(31,32)30(39)27(37)25(36)24(35)20(8-34)46-30/h4-7,15,20-25,27,33-37,39H,8-11H2,1-3H3/t15-,20?,21+,22-,23+,24?,25?,27?,30?/m0/s1. The van der Waals surface area contributed by atoms with Crippen LogP contribution >= 0.6 is 0 Å². The van der Waals surface area contributed by atoms with Crippen molar-refractivity contribution in [1.29, 1.82) is 0 Å². The van der Waals surface area contributed by atoms with Gasteiger partial charge in [-0.1, -0.05) is 0 Å². The van der Waals surface area contributed by atoms with Crippen molar-refractivity contribution in [2.24, 2.45) is 11.8 Å². The lowest BCUT2D eigenvalue weighted by Crippen LogP contribution is -2.72. The van der Waals surface area contributed by atoms with E-state index in [4.69, 9.17) is 33.2 Å². The fraction of sp³-hybridized carbons (Fsp3) is 0.567. The average Bonchev–Trinajstić information content (AvgIpc) is 3.67. The highest BCUT2D eigenvalue weighted by Crippen LogP contribution is 2.56. The molecular weight excluding hydrogens is 620 g/mol. The molecule has 5 unspecified atom stereocenters. The number of hydrogen-bond donors (Lipinski definition) is 6. The third kappa shape index (κ3) is 4.90. The summed E-state index contributed by atoms with van der Waals surface area (Å²) in [5.41, 5.74) is 1.59. The molecule has 0 amide bonds. The fourth-order valence-corrected chi connectivity index (χ4v) is 6.93. The van der Waals surface area contributed by atoms with Crippen LogP contribution in [0, 0.1) is 11.8 Å². The number of alkyl halides is 2. The number of rotatable bonds is 9. The van der Waals surface area contributed by atoms with Crippen LogP contribution in [0.25, 0.3) is 0 Å². The summed E-state index contributed by atoms with van der Waals surface area (Å²) < 4.78 is 69.8. The second kappa shape index (κ2) is 11.9. The maximum Gasteiger partial charge on any atom is 0.315 e. The molecule has 252 valence electrons. The first-order valence-corrected chi connectivity index (χ1v) is 14.5. The monoisotopic (exact) mass is 655 g/mol. The molecule has 3 heterocycles. The Balaban J connectivity index is 1.42. The Labute approximate surface area is 261 Å². The smallest absolute Gasteiger partial charge is 0.315 e. The van der Waals surface area contributed by atoms with Gasteiger partial charge in [-0.25, -0.2) is 0 Å². The molecule has 0 radical (unpaired) electrons. The molecule has 9 atom stereocenters. The van der Waals surface area contributed by atoms with Crippen LogP contribution in [0.4, 0.5) is 8.78 Å². The summed E-state index contributed by atoms with van der Waals surface area (Å²) in [6, 6.07) is 5.70. The molecule has 4 aliphatic rings. The van der Waals surface area contributed by atoms with Gasteiger partial charge >= 0.3 is 11.9 Å². The SMILES string of the molecule is COc1cc([C@@H]2c3cc4c(cc3[C@@H](NCC(F)(F)C3(O)OC(CO)C(O)C(O)C3O)[C@H]3COC(=O)[C@H]23)OCO4)cc(OC)c1OC. The van der Waals surface area contributed by atoms with Gasteiger partial charge in [0.15, 0.2) is 23.0 Å². The molecule has 14 nitrogen and oxygen atoms in total. The van der Waals surface area contributed by atoms with E-state index >= 15 is 8.78 Å². The highest BCUT2D eigenvalue weighted by atomic mass is 19.3. The summed E-state index contributed by atoms with van der Waals surface area (Å²) >= 11 is 0. The van der Waals surface area contributed by atoms with Gasteiger partial charge in [0.25, 0.3) is 5.79 Å². The van der Waals surface area contributed by atoms with Crippen molar-refractivity contribution in [2.45, 2.75) is 48.1 Å². The number of fused-ring (bicyclic) bond motifs is 3. The van der Waals surface area contributed by atoms with Crippen LogP contribution in [0.5, 0.6) is 28.7 Å². The molecule has 2 saturated heterocycles. The molecule has 0 aromatic heterocycles. The van der Waals surface area contributed by atoms with Crippen molar-refractivity contribution in [2.75, 3.05) is 47.9 Å². The first-order chi connectivity index (χ1) is 21.9. The Morgan fingerprint density at radius 1 is 0.957 bits per heavy atom. The van der Waals surface area contributed by atoms with Crippen molar-refractivity contribution < 1.29 is 72.3 Å². The molecule has 3 aliphatic heterocycles. The number of methoxy groups -OCH3 is 3. The normalized spacial score (nSPS) is 33.2. The van der Waals surface area contributed by atoms with Gasteiger partial charge in [0, 0.05) is 17.9 Å². The first kappa shape index (κ1) is 32.4. The van der Waals surface area contributed by atoms with Gasteiger partial charge in [0.05, 0.1) is 47.0 Å². The van der Waals surface area contributed by atoms with E-state index < -0.39 is 79.0 Å². The van der Waals surface area contributed by atoms with Gasteiger partial charge in [-0.15, -0.1) is 0 Å². The largest absolute Gasteiger partial charge is 0.493 e. The lowest BCUT2D eigenvalue weighted by Gasteiger charge is -2.48. The number of aliphatic hydroxyl groups is 5. The Morgan fingerprint density at radius 3 is 2.17 bits per heavy atom. The van der Waals surface area contributed by atoms with Crippen molar-refractivity contribution >= 4 is 5.97 Å². The van der Waals surface area contributed by atoms with Crippen LogP contribution in [0.3, 0.4) is 0 Å². The third-order valence-electron chi connectivity index (χ3n) is 9.27. The molecule has 16 heteroatoms. The predicted octanol–water partition coefficient (Wildman–Crippen LogP) is -0.196. The number of cyclic esters (lactones) is 1. The summed E-state index contributed by atoms with van der Waals surface area (Å²) in [7, 11) is 4.35. The molecular formula is C30H35F2NO13. The number of nitrogens with one attached hydrogen (secondary N) is 1. The van der Waals surface area contributed by atoms with Crippen LogP contribution in [0.1, 0.15) is 28.7 Å². The number of halogens is 2. The molecule has 2 aromatic carbocycles. The minimum Gasteiger partial charge on any atom is -0.493 e. The van der Waals surface area contributed by atoms with Gasteiger partial charge in [0.2, 0.25) is 12.5 Å². The van der Waals surface area contributed by atoms with Crippen LogP contribution in [-0.2, 0) is 14.3 Å². The topological polar surface area (TPSA) is 195 Å². The van der Waals surface area contributed by atoms with Gasteiger partial charge in [-0.3, -0.25) is 4.79 Å². The molecule has 6 N–H and O–H groups in total. The maximum atomic E-state index is 15.9. The second-order valence-electron chi connectivity index (χ2n) is 11.6. The molecule has 0 bridgehead atoms. The number of hydrogen-bond acceptors (Lipinski definition) is 14. The summed E-state index contributed by atoms with van der Waals surface area (Å²) in [4.78, 5) is 13.4. The summed E-state index contributed by atoms with van der Waals surface area (Å²) in [6.45, 7) is -2.57. The van der Waals surface area contributed by atoms with Gasteiger partial charge in [-0.2, -0.15) is 8.78 Å². The van der Waals surface area contributed by atoms with Crippen molar-refractivity contribution in [3.8, 4) is 28.7 Å². The number of carbonyl (C=O) groups excluding carboxylic acids is 1. The van der Waals surface area contributed by atoms with Gasteiger partial charge in [0.1, 0.15) is 24.4 Å². The lowest BCUT2D eigenvalue weighted by atomic mass is 9.65. The molecule has 1 aliphatic carbocycles. The zero-order valence-corrected chi connectivity index (χ0v) is 25.0. The van der Waals surface area contributed by atoms with Crippen LogP contribution < -0.4 is 29.0 Å². The minimum absolute atomic E-state index is 0.0827. The highest BCUT2D eigenvalue weighted by Gasteiger charge is 2.66. The molecule has 0 spiro atoms.